The van der Waals surface area contributed by atoms with Crippen LogP contribution in [0.3, 0.4) is 0 Å². The first-order chi connectivity index (χ1) is 8.13. The van der Waals surface area contributed by atoms with Gasteiger partial charge in [-0.1, -0.05) is 23.5 Å². The van der Waals surface area contributed by atoms with Gasteiger partial charge in [-0.25, -0.2) is 0 Å². The Kier molecular flexibility index (Phi) is 3.07. The molecule has 0 spiro atoms. The number of nitrogen functional groups attached to an aromatic ring is 1. The Bertz CT molecular complexity index is 631. The number of thiazole rings is 1. The lowest BCUT2D eigenvalue weighted by molar-refractivity contribution is 0.342. The Morgan fingerprint density at radius 3 is 2.88 bits per heavy atom. The predicted molar refractivity (Wildman–Crippen MR) is 64.0 cm³/mol. The molecular weight excluding hydrogens is 244 g/mol. The van der Waals surface area contributed by atoms with Gasteiger partial charge in [-0.3, -0.25) is 9.36 Å². The molecule has 0 aliphatic rings. The second kappa shape index (κ2) is 4.52. The van der Waals surface area contributed by atoms with Crippen LogP contribution in [0.1, 0.15) is 0 Å². The molecule has 2 aromatic heterocycles. The van der Waals surface area contributed by atoms with Crippen molar-refractivity contribution in [1.29, 1.82) is 0 Å². The topological polar surface area (TPSA) is 114 Å². The summed E-state index contributed by atoms with van der Waals surface area (Å²) in [7, 11) is 0. The van der Waals surface area contributed by atoms with Crippen molar-refractivity contribution in [3.8, 4) is 5.88 Å². The predicted octanol–water partition coefficient (Wildman–Crippen LogP) is -0.311. The third-order valence-electron chi connectivity index (χ3n) is 2.07. The van der Waals surface area contributed by atoms with Crippen LogP contribution in [0.4, 0.5) is 5.95 Å². The molecule has 0 radical (unpaired) electrons. The average molecular weight is 254 g/mol. The van der Waals surface area contributed by atoms with E-state index in [2.05, 4.69) is 9.97 Å². The molecule has 2 rings (SSSR count). The standard InChI is InChI=1S/C9H10N4O3S/c10-8-11-6-5(7(15)12-8)17-9(16)13(6)3-1-2-4-14/h1-2,14H,3-4H2,(H3,10,11,12,15)/b2-1+. The van der Waals surface area contributed by atoms with Gasteiger partial charge in [0.25, 0.3) is 0 Å². The normalized spacial score (nSPS) is 11.6. The first kappa shape index (κ1) is 11.6. The Labute approximate surface area is 99.5 Å². The van der Waals surface area contributed by atoms with Crippen molar-refractivity contribution < 1.29 is 10.2 Å². The van der Waals surface area contributed by atoms with E-state index in [0.29, 0.717) is 10.3 Å². The van der Waals surface area contributed by atoms with Gasteiger partial charge in [0.2, 0.25) is 11.8 Å². The van der Waals surface area contributed by atoms with Crippen molar-refractivity contribution in [3.05, 3.63) is 21.8 Å². The Morgan fingerprint density at radius 1 is 1.41 bits per heavy atom. The highest BCUT2D eigenvalue weighted by Gasteiger charge is 2.13. The van der Waals surface area contributed by atoms with Crippen molar-refractivity contribution in [2.75, 3.05) is 12.3 Å². The summed E-state index contributed by atoms with van der Waals surface area (Å²) in [5.41, 5.74) is 5.71. The van der Waals surface area contributed by atoms with Crippen molar-refractivity contribution in [2.24, 2.45) is 0 Å². The summed E-state index contributed by atoms with van der Waals surface area (Å²) < 4.78 is 1.66. The van der Waals surface area contributed by atoms with Crippen LogP contribution >= 0.6 is 11.3 Å². The van der Waals surface area contributed by atoms with Crippen LogP contribution in [0.2, 0.25) is 0 Å². The summed E-state index contributed by atoms with van der Waals surface area (Å²) in [5, 5.41) is 18.1. The van der Waals surface area contributed by atoms with Gasteiger partial charge in [0, 0.05) is 6.54 Å². The van der Waals surface area contributed by atoms with Crippen molar-refractivity contribution in [2.45, 2.75) is 6.54 Å². The van der Waals surface area contributed by atoms with Crippen LogP contribution in [0.15, 0.2) is 16.9 Å². The van der Waals surface area contributed by atoms with E-state index in [1.165, 1.54) is 10.6 Å². The molecule has 0 saturated heterocycles. The third-order valence-corrected chi connectivity index (χ3v) is 3.04. The molecule has 7 nitrogen and oxygen atoms in total. The number of aromatic nitrogens is 3. The Morgan fingerprint density at radius 2 is 2.18 bits per heavy atom. The lowest BCUT2D eigenvalue weighted by Crippen LogP contribution is -2.12. The number of nitrogens with zero attached hydrogens (tertiary/aromatic N) is 3. The van der Waals surface area contributed by atoms with Crippen molar-refractivity contribution >= 4 is 27.6 Å². The second-order valence-electron chi connectivity index (χ2n) is 3.19. The molecule has 0 unspecified atom stereocenters. The fourth-order valence-electron chi connectivity index (χ4n) is 1.36. The number of nitrogens with two attached hydrogens (primary N) is 1. The van der Waals surface area contributed by atoms with E-state index in [-0.39, 0.29) is 29.9 Å². The summed E-state index contributed by atoms with van der Waals surface area (Å²) >= 11 is 0.853. The van der Waals surface area contributed by atoms with E-state index in [1.54, 1.807) is 6.08 Å². The van der Waals surface area contributed by atoms with Crippen LogP contribution in [-0.2, 0) is 6.54 Å². The zero-order valence-corrected chi connectivity index (χ0v) is 9.52. The number of aliphatic hydroxyl groups is 1. The zero-order valence-electron chi connectivity index (χ0n) is 8.70. The molecule has 4 N–H and O–H groups in total. The number of anilines is 1. The molecule has 17 heavy (non-hydrogen) atoms. The van der Waals surface area contributed by atoms with Crippen LogP contribution in [0.25, 0.3) is 10.3 Å². The molecule has 0 amide bonds. The van der Waals surface area contributed by atoms with Gasteiger partial charge >= 0.3 is 4.87 Å². The fourth-order valence-corrected chi connectivity index (χ4v) is 2.19. The molecule has 2 aromatic rings. The summed E-state index contributed by atoms with van der Waals surface area (Å²) in [4.78, 5) is 18.9. The maximum absolute atomic E-state index is 11.7. The Hall–Kier alpha value is -1.93. The molecule has 0 aliphatic carbocycles. The zero-order chi connectivity index (χ0) is 12.4. The number of hydrogen-bond acceptors (Lipinski definition) is 7. The van der Waals surface area contributed by atoms with Gasteiger partial charge in [-0.05, 0) is 0 Å². The highest BCUT2D eigenvalue weighted by Crippen LogP contribution is 2.24. The summed E-state index contributed by atoms with van der Waals surface area (Å²) in [6.07, 6.45) is 3.14. The quantitative estimate of drug-likeness (QED) is 0.647. The molecule has 90 valence electrons. The largest absolute Gasteiger partial charge is 0.492 e. The van der Waals surface area contributed by atoms with Crippen molar-refractivity contribution in [3.63, 3.8) is 0 Å². The summed E-state index contributed by atoms with van der Waals surface area (Å²) in [5.74, 6) is -0.382. The number of aromatic hydroxyl groups is 1. The smallest absolute Gasteiger partial charge is 0.309 e. The number of rotatable bonds is 3. The SMILES string of the molecule is Nc1nc(O)c2sc(=O)n(C/C=C/CO)c2n1. The molecule has 0 fully saturated rings. The minimum atomic E-state index is -0.292. The lowest BCUT2D eigenvalue weighted by Gasteiger charge is -1.99. The molecule has 0 aliphatic heterocycles. The monoisotopic (exact) mass is 254 g/mol. The highest BCUT2D eigenvalue weighted by atomic mass is 32.1. The van der Waals surface area contributed by atoms with E-state index in [0.717, 1.165) is 11.3 Å². The van der Waals surface area contributed by atoms with Crippen LogP contribution < -0.4 is 10.6 Å². The van der Waals surface area contributed by atoms with E-state index in [1.807, 2.05) is 0 Å². The Balaban J connectivity index is 2.58. The van der Waals surface area contributed by atoms with E-state index in [9.17, 15) is 9.90 Å². The number of fused-ring (bicyclic) bond motifs is 1. The molecule has 0 aromatic carbocycles. The van der Waals surface area contributed by atoms with E-state index < -0.39 is 0 Å². The third kappa shape index (κ3) is 2.12. The van der Waals surface area contributed by atoms with Crippen LogP contribution in [-0.4, -0.2) is 31.4 Å². The molecule has 0 saturated carbocycles. The minimum absolute atomic E-state index is 0.0901. The average Bonchev–Trinajstić information content (AvgIpc) is 2.57. The molecule has 8 heteroatoms. The number of aliphatic hydroxyl groups excluding tert-OH is 1. The number of hydrogen-bond donors (Lipinski definition) is 3. The first-order valence-electron chi connectivity index (χ1n) is 4.75. The van der Waals surface area contributed by atoms with Crippen molar-refractivity contribution in [1.82, 2.24) is 14.5 Å². The highest BCUT2D eigenvalue weighted by molar-refractivity contribution is 7.16. The summed E-state index contributed by atoms with van der Waals surface area (Å²) in [6.45, 7) is 0.161. The van der Waals surface area contributed by atoms with Gasteiger partial charge in [0.1, 0.15) is 4.70 Å². The summed E-state index contributed by atoms with van der Waals surface area (Å²) in [6, 6.07) is 0. The molecular formula is C9H10N4O3S. The minimum Gasteiger partial charge on any atom is -0.492 e. The molecule has 2 heterocycles. The van der Waals surface area contributed by atoms with Crippen LogP contribution in [0, 0.1) is 0 Å². The lowest BCUT2D eigenvalue weighted by atomic mass is 10.5. The maximum Gasteiger partial charge on any atom is 0.309 e. The molecule has 0 atom stereocenters. The maximum atomic E-state index is 11.7. The first-order valence-corrected chi connectivity index (χ1v) is 5.57. The van der Waals surface area contributed by atoms with Gasteiger partial charge in [0.05, 0.1) is 6.61 Å². The fraction of sp³-hybridized carbons (Fsp3) is 0.222. The second-order valence-corrected chi connectivity index (χ2v) is 4.15. The van der Waals surface area contributed by atoms with Gasteiger partial charge in [-0.15, -0.1) is 0 Å². The number of allylic oxidation sites excluding steroid dienone is 1. The molecule has 0 bridgehead atoms. The van der Waals surface area contributed by atoms with Gasteiger partial charge in [0.15, 0.2) is 5.65 Å². The van der Waals surface area contributed by atoms with Gasteiger partial charge in [-0.2, -0.15) is 9.97 Å². The van der Waals surface area contributed by atoms with E-state index >= 15 is 0 Å². The van der Waals surface area contributed by atoms with Gasteiger partial charge < -0.3 is 15.9 Å². The van der Waals surface area contributed by atoms with Crippen LogP contribution in [0.5, 0.6) is 5.88 Å². The van der Waals surface area contributed by atoms with E-state index in [4.69, 9.17) is 10.8 Å².